The third kappa shape index (κ3) is 4.49. The van der Waals surface area contributed by atoms with E-state index in [1.54, 1.807) is 5.32 Å². The Balaban J connectivity index is 2.37. The van der Waals surface area contributed by atoms with Gasteiger partial charge in [0, 0.05) is 12.1 Å². The number of carbonyl (C=O) groups excluding carboxylic acids is 1. The lowest BCUT2D eigenvalue weighted by atomic mass is 10.1. The molecule has 0 aliphatic rings. The van der Waals surface area contributed by atoms with Gasteiger partial charge in [0.2, 0.25) is 15.4 Å². The minimum atomic E-state index is -5.26. The number of amides is 1. The van der Waals surface area contributed by atoms with Crippen molar-refractivity contribution < 1.29 is 36.4 Å². The van der Waals surface area contributed by atoms with Gasteiger partial charge in [-0.25, -0.2) is 8.42 Å². The van der Waals surface area contributed by atoms with Crippen LogP contribution in [0.1, 0.15) is 6.92 Å². The molecule has 29 heavy (non-hydrogen) atoms. The fourth-order valence-electron chi connectivity index (χ4n) is 2.04. The van der Waals surface area contributed by atoms with Crippen LogP contribution < -0.4 is 5.32 Å². The molecule has 0 heterocycles. The molecule has 0 saturated heterocycles. The van der Waals surface area contributed by atoms with Crippen LogP contribution in [-0.4, -0.2) is 36.1 Å². The highest BCUT2D eigenvalue weighted by molar-refractivity contribution is 7.91. The van der Waals surface area contributed by atoms with Gasteiger partial charge in [0.15, 0.2) is 0 Å². The first kappa shape index (κ1) is 22.6. The summed E-state index contributed by atoms with van der Waals surface area (Å²) in [5.74, 6) is -1.82. The molecule has 156 valence electrons. The molecule has 0 bridgehead atoms. The number of nitrogens with one attached hydrogen (secondary N) is 1. The average Bonchev–Trinajstić information content (AvgIpc) is 2.62. The minimum absolute atomic E-state index is 0.247. The summed E-state index contributed by atoms with van der Waals surface area (Å²) in [6.45, 7) is 0.247. The second-order valence-corrected chi connectivity index (χ2v) is 8.28. The third-order valence-electron chi connectivity index (χ3n) is 3.83. The molecule has 13 heteroatoms. The summed E-state index contributed by atoms with van der Waals surface area (Å²) in [7, 11) is -4.25. The first-order valence-electron chi connectivity index (χ1n) is 7.57. The highest BCUT2D eigenvalue weighted by Crippen LogP contribution is 2.33. The fourth-order valence-corrected chi connectivity index (χ4v) is 3.66. The van der Waals surface area contributed by atoms with Crippen molar-refractivity contribution >= 4 is 38.7 Å². The standard InChI is InChI=1S/C16H12ClF3N2O6S/c1-15(24,16(18,19)20)14(23)21-13-6-5-11(8-12(13)17)29(27,28)10-4-2-3-9(7-10)22(25)26/h2-8,24H,1H3,(H,21,23)/t15-/m1/s1. The number of nitro groups is 1. The van der Waals surface area contributed by atoms with E-state index in [1.165, 1.54) is 6.07 Å². The Hall–Kier alpha value is -2.70. The number of sulfone groups is 1. The minimum Gasteiger partial charge on any atom is -0.373 e. The molecule has 1 amide bonds. The number of hydrogen-bond donors (Lipinski definition) is 2. The number of benzene rings is 2. The number of hydrogen-bond acceptors (Lipinski definition) is 6. The molecule has 0 unspecified atom stereocenters. The Labute approximate surface area is 167 Å². The monoisotopic (exact) mass is 452 g/mol. The lowest BCUT2D eigenvalue weighted by molar-refractivity contribution is -0.385. The summed E-state index contributed by atoms with van der Waals surface area (Å²) in [5.41, 5.74) is -4.54. The Morgan fingerprint density at radius 1 is 1.17 bits per heavy atom. The number of alkyl halides is 3. The van der Waals surface area contributed by atoms with Gasteiger partial charge in [-0.05, 0) is 31.2 Å². The van der Waals surface area contributed by atoms with Crippen LogP contribution in [0, 0.1) is 10.1 Å². The first-order chi connectivity index (χ1) is 13.2. The molecule has 1 atom stereocenters. The maximum absolute atomic E-state index is 12.7. The van der Waals surface area contributed by atoms with E-state index in [0.717, 1.165) is 36.4 Å². The van der Waals surface area contributed by atoms with Crippen molar-refractivity contribution in [3.05, 3.63) is 57.6 Å². The van der Waals surface area contributed by atoms with E-state index in [0.29, 0.717) is 0 Å². The molecule has 2 aromatic rings. The predicted octanol–water partition coefficient (Wildman–Crippen LogP) is 3.33. The van der Waals surface area contributed by atoms with Gasteiger partial charge < -0.3 is 10.4 Å². The quantitative estimate of drug-likeness (QED) is 0.529. The molecule has 0 saturated carbocycles. The van der Waals surface area contributed by atoms with Crippen LogP contribution in [0.2, 0.25) is 5.02 Å². The van der Waals surface area contributed by atoms with Crippen molar-refractivity contribution in [3.63, 3.8) is 0 Å². The van der Waals surface area contributed by atoms with Crippen molar-refractivity contribution in [2.45, 2.75) is 28.5 Å². The van der Waals surface area contributed by atoms with Crippen LogP contribution >= 0.6 is 11.6 Å². The van der Waals surface area contributed by atoms with Crippen LogP contribution in [0.15, 0.2) is 52.3 Å². The highest BCUT2D eigenvalue weighted by Gasteiger charge is 2.55. The molecule has 8 nitrogen and oxygen atoms in total. The Kier molecular flexibility index (Phi) is 5.93. The number of non-ortho nitro benzene ring substituents is 1. The van der Waals surface area contributed by atoms with Gasteiger partial charge in [-0.3, -0.25) is 14.9 Å². The normalized spacial score (nSPS) is 14.1. The van der Waals surface area contributed by atoms with E-state index < -0.39 is 52.9 Å². The highest BCUT2D eigenvalue weighted by atomic mass is 35.5. The largest absolute Gasteiger partial charge is 0.426 e. The number of carbonyl (C=O) groups is 1. The molecular weight excluding hydrogens is 441 g/mol. The molecule has 2 rings (SSSR count). The number of aliphatic hydroxyl groups is 1. The zero-order valence-electron chi connectivity index (χ0n) is 14.4. The van der Waals surface area contributed by atoms with Crippen LogP contribution in [0.3, 0.4) is 0 Å². The zero-order valence-corrected chi connectivity index (χ0v) is 16.0. The second-order valence-electron chi connectivity index (χ2n) is 5.92. The predicted molar refractivity (Wildman–Crippen MR) is 95.3 cm³/mol. The van der Waals surface area contributed by atoms with E-state index >= 15 is 0 Å². The molecule has 0 aliphatic heterocycles. The smallest absolute Gasteiger partial charge is 0.373 e. The van der Waals surface area contributed by atoms with Gasteiger partial charge in [0.1, 0.15) is 0 Å². The molecule has 0 aromatic heterocycles. The van der Waals surface area contributed by atoms with E-state index in [4.69, 9.17) is 11.6 Å². The summed E-state index contributed by atoms with van der Waals surface area (Å²) in [4.78, 5) is 20.9. The summed E-state index contributed by atoms with van der Waals surface area (Å²) in [6, 6.07) is 6.94. The Morgan fingerprint density at radius 3 is 2.28 bits per heavy atom. The Bertz CT molecular complexity index is 1090. The lowest BCUT2D eigenvalue weighted by Crippen LogP contribution is -2.52. The van der Waals surface area contributed by atoms with Crippen molar-refractivity contribution in [1.82, 2.24) is 0 Å². The van der Waals surface area contributed by atoms with Crippen LogP contribution in [0.4, 0.5) is 24.5 Å². The van der Waals surface area contributed by atoms with Crippen molar-refractivity contribution in [3.8, 4) is 0 Å². The number of nitro benzene ring substituents is 1. The van der Waals surface area contributed by atoms with Gasteiger partial charge >= 0.3 is 6.18 Å². The lowest BCUT2D eigenvalue weighted by Gasteiger charge is -2.25. The Morgan fingerprint density at radius 2 is 1.76 bits per heavy atom. The molecule has 0 fully saturated rings. The molecule has 2 aromatic carbocycles. The van der Waals surface area contributed by atoms with E-state index in [9.17, 15) is 41.6 Å². The molecule has 0 aliphatic carbocycles. The first-order valence-corrected chi connectivity index (χ1v) is 9.43. The maximum Gasteiger partial charge on any atom is 0.426 e. The van der Waals surface area contributed by atoms with Gasteiger partial charge in [0.25, 0.3) is 11.6 Å². The summed E-state index contributed by atoms with van der Waals surface area (Å²) >= 11 is 5.86. The molecule has 0 radical (unpaired) electrons. The number of halogens is 4. The summed E-state index contributed by atoms with van der Waals surface area (Å²) in [5, 5.41) is 21.5. The van der Waals surface area contributed by atoms with E-state index in [2.05, 4.69) is 0 Å². The van der Waals surface area contributed by atoms with Crippen molar-refractivity contribution in [1.29, 1.82) is 0 Å². The molecule has 0 spiro atoms. The summed E-state index contributed by atoms with van der Waals surface area (Å²) < 4.78 is 63.4. The van der Waals surface area contributed by atoms with E-state index in [-0.39, 0.29) is 12.6 Å². The second kappa shape index (κ2) is 7.61. The number of anilines is 1. The average molecular weight is 453 g/mol. The van der Waals surface area contributed by atoms with Gasteiger partial charge in [0.05, 0.1) is 25.4 Å². The van der Waals surface area contributed by atoms with Crippen LogP contribution in [-0.2, 0) is 14.6 Å². The van der Waals surface area contributed by atoms with Gasteiger partial charge in [-0.1, -0.05) is 17.7 Å². The third-order valence-corrected chi connectivity index (χ3v) is 5.89. The zero-order chi connectivity index (χ0) is 22.2. The SMILES string of the molecule is C[C@@](O)(C(=O)Nc1ccc(S(=O)(=O)c2cccc([N+](=O)[O-])c2)cc1Cl)C(F)(F)F. The van der Waals surface area contributed by atoms with Gasteiger partial charge in [-0.15, -0.1) is 0 Å². The number of rotatable bonds is 5. The molecular formula is C16H12ClF3N2O6S. The summed E-state index contributed by atoms with van der Waals surface area (Å²) in [6.07, 6.45) is -5.26. The fraction of sp³-hybridized carbons (Fsp3) is 0.188. The van der Waals surface area contributed by atoms with Crippen LogP contribution in [0.5, 0.6) is 0 Å². The van der Waals surface area contributed by atoms with Gasteiger partial charge in [-0.2, -0.15) is 13.2 Å². The van der Waals surface area contributed by atoms with Crippen LogP contribution in [0.25, 0.3) is 0 Å². The maximum atomic E-state index is 12.7. The number of nitrogens with zero attached hydrogens (tertiary/aromatic N) is 1. The van der Waals surface area contributed by atoms with E-state index in [1.807, 2.05) is 0 Å². The van der Waals surface area contributed by atoms with Crippen molar-refractivity contribution in [2.75, 3.05) is 5.32 Å². The van der Waals surface area contributed by atoms with Crippen molar-refractivity contribution in [2.24, 2.45) is 0 Å². The topological polar surface area (TPSA) is 127 Å². The molecule has 2 N–H and O–H groups in total.